The minimum Gasteiger partial charge on any atom is -0.456 e. The van der Waals surface area contributed by atoms with E-state index in [0.717, 1.165) is 66.0 Å². The van der Waals surface area contributed by atoms with Crippen LogP contribution in [0.3, 0.4) is 0 Å². The molecule has 5 heteroatoms. The largest absolute Gasteiger partial charge is 0.456 e. The summed E-state index contributed by atoms with van der Waals surface area (Å²) in [5.41, 5.74) is 15.4. The Labute approximate surface area is 349 Å². The average Bonchev–Trinajstić information content (AvgIpc) is 4.05. The van der Waals surface area contributed by atoms with E-state index in [9.17, 15) is 0 Å². The third-order valence-corrected chi connectivity index (χ3v) is 13.1. The maximum Gasteiger partial charge on any atom is 0.164 e. The second-order valence-corrected chi connectivity index (χ2v) is 16.2. The van der Waals surface area contributed by atoms with Crippen molar-refractivity contribution in [1.82, 2.24) is 15.0 Å². The van der Waals surface area contributed by atoms with Crippen LogP contribution in [0.25, 0.3) is 111 Å². The van der Waals surface area contributed by atoms with Crippen molar-refractivity contribution in [2.24, 2.45) is 0 Å². The Morgan fingerprint density at radius 2 is 0.934 bits per heavy atom. The van der Waals surface area contributed by atoms with Crippen molar-refractivity contribution < 1.29 is 8.83 Å². The zero-order chi connectivity index (χ0) is 39.8. The van der Waals surface area contributed by atoms with Crippen molar-refractivity contribution in [2.45, 2.75) is 5.41 Å². The van der Waals surface area contributed by atoms with Crippen molar-refractivity contribution >= 4 is 54.6 Å². The van der Waals surface area contributed by atoms with Gasteiger partial charge in [-0.2, -0.15) is 0 Å². The molecule has 282 valence electrons. The number of benzene rings is 9. The van der Waals surface area contributed by atoms with Gasteiger partial charge in [0.2, 0.25) is 0 Å². The zero-order valence-electron chi connectivity index (χ0n) is 32.6. The van der Waals surface area contributed by atoms with Crippen LogP contribution in [-0.4, -0.2) is 15.0 Å². The van der Waals surface area contributed by atoms with Crippen LogP contribution in [0.2, 0.25) is 0 Å². The van der Waals surface area contributed by atoms with Crippen LogP contribution in [0.5, 0.6) is 0 Å². The molecule has 0 saturated heterocycles. The SMILES string of the molecule is c1ccc(-c2nc(-c3ccc4ccccc4c3)nc(-c3ccc4oc5ccc6c(c5c4c3)C3(c4ccccc4-c4ccccc43)c3cc4oc5ccccc5c4cc3-6)n2)cc1. The fourth-order valence-corrected chi connectivity index (χ4v) is 10.5. The second kappa shape index (κ2) is 12.0. The molecule has 0 bridgehead atoms. The molecule has 9 aromatic carbocycles. The highest BCUT2D eigenvalue weighted by Gasteiger charge is 2.53. The van der Waals surface area contributed by atoms with Gasteiger partial charge in [-0.1, -0.05) is 140 Å². The molecule has 14 rings (SSSR count). The fourth-order valence-electron chi connectivity index (χ4n) is 10.5. The maximum atomic E-state index is 6.82. The number of hydrogen-bond donors (Lipinski definition) is 0. The Morgan fingerprint density at radius 1 is 0.328 bits per heavy atom. The van der Waals surface area contributed by atoms with E-state index in [1.165, 1.54) is 49.9 Å². The maximum absolute atomic E-state index is 6.82. The highest BCUT2D eigenvalue weighted by Crippen LogP contribution is 2.65. The van der Waals surface area contributed by atoms with Gasteiger partial charge in [0.1, 0.15) is 22.3 Å². The topological polar surface area (TPSA) is 65.0 Å². The summed E-state index contributed by atoms with van der Waals surface area (Å²) in [6.45, 7) is 0. The van der Waals surface area contributed by atoms with E-state index < -0.39 is 5.41 Å². The van der Waals surface area contributed by atoms with Gasteiger partial charge in [-0.05, 0) is 104 Å². The van der Waals surface area contributed by atoms with Gasteiger partial charge < -0.3 is 8.83 Å². The molecule has 0 amide bonds. The molecule has 2 aliphatic carbocycles. The Bertz CT molecular complexity index is 3800. The number of aromatic nitrogens is 3. The van der Waals surface area contributed by atoms with Gasteiger partial charge in [-0.25, -0.2) is 15.0 Å². The van der Waals surface area contributed by atoms with Crippen molar-refractivity contribution in [3.05, 3.63) is 210 Å². The van der Waals surface area contributed by atoms with Crippen molar-refractivity contribution in [3.63, 3.8) is 0 Å². The standard InChI is InChI=1S/C56H31N3O2/c1-2-13-33(14-3-1)53-57-54(35-23-22-32-12-4-5-15-34(32)28-35)59-55(58-53)36-24-26-48-43(29-36)51-49(60-48)27-25-40-41-30-42-39-18-8-11-21-47(39)61-50(42)31-46(41)56(52(40)51)44-19-9-6-16-37(44)38-17-7-10-20-45(38)56/h1-31H. The minimum absolute atomic E-state index is 0.600. The molecular weight excluding hydrogens is 747 g/mol. The van der Waals surface area contributed by atoms with Crippen molar-refractivity contribution in [1.29, 1.82) is 0 Å². The minimum atomic E-state index is -0.631. The molecular formula is C56H31N3O2. The highest BCUT2D eigenvalue weighted by atomic mass is 16.3. The highest BCUT2D eigenvalue weighted by molar-refractivity contribution is 6.16. The summed E-state index contributed by atoms with van der Waals surface area (Å²) in [6, 6.07) is 66.5. The van der Waals surface area contributed by atoms with Gasteiger partial charge in [0.05, 0.1) is 5.41 Å². The molecule has 5 nitrogen and oxygen atoms in total. The van der Waals surface area contributed by atoms with Crippen LogP contribution >= 0.6 is 0 Å². The summed E-state index contributed by atoms with van der Waals surface area (Å²) in [6.07, 6.45) is 0. The molecule has 2 aliphatic rings. The molecule has 0 fully saturated rings. The van der Waals surface area contributed by atoms with Gasteiger partial charge in [0, 0.05) is 38.2 Å². The Hall–Kier alpha value is -8.15. The second-order valence-electron chi connectivity index (χ2n) is 16.2. The molecule has 0 N–H and O–H groups in total. The van der Waals surface area contributed by atoms with E-state index in [-0.39, 0.29) is 0 Å². The Kier molecular flexibility index (Phi) is 6.43. The summed E-state index contributed by atoms with van der Waals surface area (Å²) < 4.78 is 13.5. The lowest BCUT2D eigenvalue weighted by Gasteiger charge is -2.31. The van der Waals surface area contributed by atoms with Crippen LogP contribution in [-0.2, 0) is 5.41 Å². The van der Waals surface area contributed by atoms with Gasteiger partial charge in [-0.15, -0.1) is 0 Å². The quantitative estimate of drug-likeness (QED) is 0.179. The van der Waals surface area contributed by atoms with E-state index in [1.54, 1.807) is 0 Å². The first kappa shape index (κ1) is 32.8. The number of para-hydroxylation sites is 1. The van der Waals surface area contributed by atoms with Gasteiger partial charge in [0.25, 0.3) is 0 Å². The molecule has 3 aromatic heterocycles. The van der Waals surface area contributed by atoms with Crippen molar-refractivity contribution in [2.75, 3.05) is 0 Å². The van der Waals surface area contributed by atoms with Crippen LogP contribution in [0.4, 0.5) is 0 Å². The molecule has 0 radical (unpaired) electrons. The Morgan fingerprint density at radius 3 is 1.74 bits per heavy atom. The number of rotatable bonds is 3. The van der Waals surface area contributed by atoms with Crippen LogP contribution < -0.4 is 0 Å². The van der Waals surface area contributed by atoms with E-state index in [2.05, 4.69) is 152 Å². The lowest BCUT2D eigenvalue weighted by atomic mass is 9.69. The lowest BCUT2D eigenvalue weighted by Crippen LogP contribution is -2.26. The van der Waals surface area contributed by atoms with Crippen molar-refractivity contribution in [3.8, 4) is 56.4 Å². The molecule has 0 atom stereocenters. The monoisotopic (exact) mass is 777 g/mol. The third-order valence-electron chi connectivity index (χ3n) is 13.1. The zero-order valence-corrected chi connectivity index (χ0v) is 32.6. The average molecular weight is 778 g/mol. The van der Waals surface area contributed by atoms with E-state index in [0.29, 0.717) is 17.5 Å². The molecule has 12 aromatic rings. The third kappa shape index (κ3) is 4.41. The normalized spacial score (nSPS) is 13.4. The lowest BCUT2D eigenvalue weighted by molar-refractivity contribution is 0.666. The number of nitrogens with zero attached hydrogens (tertiary/aromatic N) is 3. The number of hydrogen-bond acceptors (Lipinski definition) is 5. The molecule has 0 unspecified atom stereocenters. The molecule has 1 spiro atoms. The van der Waals surface area contributed by atoms with E-state index in [1.807, 2.05) is 36.4 Å². The summed E-state index contributed by atoms with van der Waals surface area (Å²) >= 11 is 0. The summed E-state index contributed by atoms with van der Waals surface area (Å²) in [5.74, 6) is 1.85. The van der Waals surface area contributed by atoms with E-state index in [4.69, 9.17) is 23.8 Å². The first-order valence-electron chi connectivity index (χ1n) is 20.7. The van der Waals surface area contributed by atoms with Gasteiger partial charge >= 0.3 is 0 Å². The molecule has 3 heterocycles. The van der Waals surface area contributed by atoms with Crippen LogP contribution in [0.15, 0.2) is 197 Å². The van der Waals surface area contributed by atoms with E-state index >= 15 is 0 Å². The number of fused-ring (bicyclic) bond motifs is 18. The predicted octanol–water partition coefficient (Wildman–Crippen LogP) is 14.2. The van der Waals surface area contributed by atoms with Crippen LogP contribution in [0.1, 0.15) is 22.3 Å². The first-order chi connectivity index (χ1) is 30.2. The predicted molar refractivity (Wildman–Crippen MR) is 244 cm³/mol. The van der Waals surface area contributed by atoms with Gasteiger partial charge in [0.15, 0.2) is 17.5 Å². The molecule has 0 saturated carbocycles. The summed E-state index contributed by atoms with van der Waals surface area (Å²) in [7, 11) is 0. The van der Waals surface area contributed by atoms with Gasteiger partial charge in [-0.3, -0.25) is 0 Å². The van der Waals surface area contributed by atoms with Crippen LogP contribution in [0, 0.1) is 0 Å². The number of furan rings is 2. The Balaban J connectivity index is 1.06. The molecule has 61 heavy (non-hydrogen) atoms. The summed E-state index contributed by atoms with van der Waals surface area (Å²) in [4.78, 5) is 15.4. The fraction of sp³-hybridized carbons (Fsp3) is 0.0179. The first-order valence-corrected chi connectivity index (χ1v) is 20.7. The smallest absolute Gasteiger partial charge is 0.164 e. The summed E-state index contributed by atoms with van der Waals surface area (Å²) in [5, 5.41) is 6.64. The molecule has 0 aliphatic heterocycles.